The van der Waals surface area contributed by atoms with Crippen molar-refractivity contribution in [2.75, 3.05) is 6.61 Å². The van der Waals surface area contributed by atoms with Crippen LogP contribution in [0, 0.1) is 0 Å². The van der Waals surface area contributed by atoms with Crippen LogP contribution in [0.4, 0.5) is 0 Å². The van der Waals surface area contributed by atoms with Crippen LogP contribution in [0.25, 0.3) is 0 Å². The number of hydrogen-bond acceptors (Lipinski definition) is 4. The molecule has 0 aliphatic rings. The van der Waals surface area contributed by atoms with Gasteiger partial charge in [-0.15, -0.1) is 12.6 Å². The van der Waals surface area contributed by atoms with Crippen molar-refractivity contribution in [2.45, 2.75) is 20.3 Å². The van der Waals surface area contributed by atoms with E-state index in [1.165, 1.54) is 0 Å². The molecule has 0 saturated carbocycles. The fourth-order valence-electron chi connectivity index (χ4n) is 0.498. The van der Waals surface area contributed by atoms with Gasteiger partial charge in [0, 0.05) is 5.70 Å². The average molecular weight is 175 g/mol. The zero-order chi connectivity index (χ0) is 8.85. The highest BCUT2D eigenvalue weighted by Gasteiger charge is 2.08. The molecular formula is C7H13NO2S. The highest BCUT2D eigenvalue weighted by Crippen LogP contribution is 2.08. The van der Waals surface area contributed by atoms with Crippen LogP contribution in [0.5, 0.6) is 0 Å². The number of esters is 1. The number of hydrogen-bond donors (Lipinski definition) is 2. The normalized spacial score (nSPS) is 12.3. The molecule has 0 aliphatic heterocycles. The molecule has 64 valence electrons. The van der Waals surface area contributed by atoms with Crippen molar-refractivity contribution in [3.05, 3.63) is 10.6 Å². The summed E-state index contributed by atoms with van der Waals surface area (Å²) in [6, 6.07) is 0. The monoisotopic (exact) mass is 175 g/mol. The number of thiol groups is 1. The Labute approximate surface area is 72.0 Å². The van der Waals surface area contributed by atoms with Gasteiger partial charge in [-0.1, -0.05) is 6.92 Å². The standard InChI is InChI=1S/C7H13NO2S/c1-3-5(8)6(11)7(9)10-4-2/h11H,3-4,8H2,1-2H3. The molecule has 0 heterocycles. The first-order valence-electron chi connectivity index (χ1n) is 3.48. The topological polar surface area (TPSA) is 52.3 Å². The first-order valence-corrected chi connectivity index (χ1v) is 3.92. The van der Waals surface area contributed by atoms with Gasteiger partial charge in [0.2, 0.25) is 0 Å². The molecule has 0 aromatic rings. The molecule has 3 nitrogen and oxygen atoms in total. The third-order valence-corrected chi connectivity index (χ3v) is 1.62. The number of carbonyl (C=O) groups excluding carboxylic acids is 1. The Kier molecular flexibility index (Phi) is 4.77. The lowest BCUT2D eigenvalue weighted by Crippen LogP contribution is -2.09. The van der Waals surface area contributed by atoms with Crippen molar-refractivity contribution in [1.29, 1.82) is 0 Å². The lowest BCUT2D eigenvalue weighted by Gasteiger charge is -2.03. The maximum atomic E-state index is 10.9. The van der Waals surface area contributed by atoms with E-state index in [0.29, 0.717) is 18.7 Å². The second-order valence-electron chi connectivity index (χ2n) is 1.95. The summed E-state index contributed by atoms with van der Waals surface area (Å²) >= 11 is 3.91. The van der Waals surface area contributed by atoms with Gasteiger partial charge in [-0.2, -0.15) is 0 Å². The number of ether oxygens (including phenoxy) is 1. The van der Waals surface area contributed by atoms with E-state index in [1.807, 2.05) is 6.92 Å². The predicted octanol–water partition coefficient (Wildman–Crippen LogP) is 1.06. The van der Waals surface area contributed by atoms with Crippen LogP contribution in [0.1, 0.15) is 20.3 Å². The molecule has 0 fully saturated rings. The predicted molar refractivity (Wildman–Crippen MR) is 47.1 cm³/mol. The molecule has 0 aromatic carbocycles. The third kappa shape index (κ3) is 3.32. The molecule has 0 spiro atoms. The lowest BCUT2D eigenvalue weighted by molar-refractivity contribution is -0.137. The summed E-state index contributed by atoms with van der Waals surface area (Å²) in [5.41, 5.74) is 5.91. The number of allylic oxidation sites excluding steroid dienone is 1. The fourth-order valence-corrected chi connectivity index (χ4v) is 0.721. The van der Waals surface area contributed by atoms with Gasteiger partial charge in [-0.25, -0.2) is 4.79 Å². The van der Waals surface area contributed by atoms with Crippen molar-refractivity contribution in [2.24, 2.45) is 5.73 Å². The summed E-state index contributed by atoms with van der Waals surface area (Å²) in [4.78, 5) is 11.1. The Balaban J connectivity index is 4.22. The minimum atomic E-state index is -0.449. The summed E-state index contributed by atoms with van der Waals surface area (Å²) in [5.74, 6) is -0.449. The Morgan fingerprint density at radius 1 is 1.55 bits per heavy atom. The first kappa shape index (κ1) is 10.4. The quantitative estimate of drug-likeness (QED) is 0.383. The molecule has 0 bridgehead atoms. The highest BCUT2D eigenvalue weighted by molar-refractivity contribution is 7.85. The van der Waals surface area contributed by atoms with Crippen molar-refractivity contribution < 1.29 is 9.53 Å². The second-order valence-corrected chi connectivity index (χ2v) is 2.40. The zero-order valence-corrected chi connectivity index (χ0v) is 7.65. The van der Waals surface area contributed by atoms with E-state index in [-0.39, 0.29) is 4.91 Å². The Morgan fingerprint density at radius 2 is 2.09 bits per heavy atom. The van der Waals surface area contributed by atoms with Gasteiger partial charge < -0.3 is 10.5 Å². The Hall–Kier alpha value is -0.640. The maximum absolute atomic E-state index is 10.9. The van der Waals surface area contributed by atoms with E-state index in [4.69, 9.17) is 5.73 Å². The van der Waals surface area contributed by atoms with Gasteiger partial charge in [0.05, 0.1) is 6.61 Å². The molecule has 0 atom stereocenters. The highest BCUT2D eigenvalue weighted by atomic mass is 32.1. The van der Waals surface area contributed by atoms with E-state index in [2.05, 4.69) is 17.4 Å². The smallest absolute Gasteiger partial charge is 0.346 e. The zero-order valence-electron chi connectivity index (χ0n) is 6.76. The SMILES string of the molecule is CCOC(=O)C(S)=C(N)CC. The molecule has 0 radical (unpaired) electrons. The van der Waals surface area contributed by atoms with Crippen LogP contribution in [0.15, 0.2) is 10.6 Å². The molecule has 11 heavy (non-hydrogen) atoms. The number of nitrogens with two attached hydrogens (primary N) is 1. The van der Waals surface area contributed by atoms with Gasteiger partial charge in [0.1, 0.15) is 4.91 Å². The maximum Gasteiger partial charge on any atom is 0.346 e. The largest absolute Gasteiger partial charge is 0.462 e. The Bertz CT molecular complexity index is 177. The minimum Gasteiger partial charge on any atom is -0.462 e. The first-order chi connectivity index (χ1) is 5.13. The average Bonchev–Trinajstić information content (AvgIpc) is 2.02. The van der Waals surface area contributed by atoms with E-state index in [9.17, 15) is 4.79 Å². The van der Waals surface area contributed by atoms with E-state index >= 15 is 0 Å². The molecule has 0 unspecified atom stereocenters. The summed E-state index contributed by atoms with van der Waals surface area (Å²) < 4.78 is 4.67. The third-order valence-electron chi connectivity index (χ3n) is 1.15. The summed E-state index contributed by atoms with van der Waals surface area (Å²) in [7, 11) is 0. The molecule has 2 N–H and O–H groups in total. The molecule has 0 aliphatic carbocycles. The van der Waals surface area contributed by atoms with Gasteiger partial charge in [0.15, 0.2) is 0 Å². The van der Waals surface area contributed by atoms with Crippen LogP contribution < -0.4 is 5.73 Å². The van der Waals surface area contributed by atoms with Crippen molar-refractivity contribution in [1.82, 2.24) is 0 Å². The van der Waals surface area contributed by atoms with E-state index < -0.39 is 5.97 Å². The van der Waals surface area contributed by atoms with Crippen molar-refractivity contribution in [3.63, 3.8) is 0 Å². The van der Waals surface area contributed by atoms with Crippen molar-refractivity contribution in [3.8, 4) is 0 Å². The van der Waals surface area contributed by atoms with Gasteiger partial charge in [-0.05, 0) is 13.3 Å². The van der Waals surface area contributed by atoms with Gasteiger partial charge in [0.25, 0.3) is 0 Å². The van der Waals surface area contributed by atoms with Gasteiger partial charge >= 0.3 is 5.97 Å². The molecule has 0 aromatic heterocycles. The molecule has 0 amide bonds. The summed E-state index contributed by atoms with van der Waals surface area (Å²) in [5, 5.41) is 0. The number of rotatable bonds is 3. The van der Waals surface area contributed by atoms with E-state index in [1.54, 1.807) is 6.92 Å². The molecule has 0 saturated heterocycles. The molecule has 0 rings (SSSR count). The molecular weight excluding hydrogens is 162 g/mol. The summed E-state index contributed by atoms with van der Waals surface area (Å²) in [6.07, 6.45) is 0.609. The van der Waals surface area contributed by atoms with E-state index in [0.717, 1.165) is 0 Å². The second kappa shape index (κ2) is 5.07. The van der Waals surface area contributed by atoms with Crippen LogP contribution in [0.2, 0.25) is 0 Å². The van der Waals surface area contributed by atoms with Crippen LogP contribution in [0.3, 0.4) is 0 Å². The molecule has 4 heteroatoms. The Morgan fingerprint density at radius 3 is 2.45 bits per heavy atom. The lowest BCUT2D eigenvalue weighted by atomic mass is 10.3. The van der Waals surface area contributed by atoms with Crippen LogP contribution in [-0.2, 0) is 9.53 Å². The summed E-state index contributed by atoms with van der Waals surface area (Å²) in [6.45, 7) is 3.94. The number of carbonyl (C=O) groups is 1. The minimum absolute atomic E-state index is 0.217. The van der Waals surface area contributed by atoms with Gasteiger partial charge in [-0.3, -0.25) is 0 Å². The fraction of sp³-hybridized carbons (Fsp3) is 0.571. The van der Waals surface area contributed by atoms with Crippen LogP contribution in [-0.4, -0.2) is 12.6 Å². The van der Waals surface area contributed by atoms with Crippen LogP contribution >= 0.6 is 12.6 Å². The van der Waals surface area contributed by atoms with Crippen molar-refractivity contribution >= 4 is 18.6 Å².